The topological polar surface area (TPSA) is 38.1 Å². The maximum absolute atomic E-state index is 5.24. The fraction of sp³-hybridized carbons (Fsp3) is 0.800. The highest BCUT2D eigenvalue weighted by Gasteiger charge is 2.19. The zero-order chi connectivity index (χ0) is 13.7. The van der Waals surface area contributed by atoms with Gasteiger partial charge in [0.2, 0.25) is 0 Å². The minimum Gasteiger partial charge on any atom is -0.361 e. The Labute approximate surface area is 111 Å². The maximum Gasteiger partial charge on any atom is 0.138 e. The lowest BCUT2D eigenvalue weighted by molar-refractivity contribution is 0.354. The van der Waals surface area contributed by atoms with E-state index in [1.807, 2.05) is 13.8 Å². The molecule has 3 atom stereocenters. The Morgan fingerprint density at radius 2 is 1.83 bits per heavy atom. The summed E-state index contributed by atoms with van der Waals surface area (Å²) < 4.78 is 5.24. The summed E-state index contributed by atoms with van der Waals surface area (Å²) in [6.07, 6.45) is 3.65. The Morgan fingerprint density at radius 1 is 1.17 bits per heavy atom. The summed E-state index contributed by atoms with van der Waals surface area (Å²) in [6.45, 7) is 13.0. The van der Waals surface area contributed by atoms with Crippen LogP contribution in [0.3, 0.4) is 0 Å². The minimum absolute atomic E-state index is 0.310. The predicted molar refractivity (Wildman–Crippen MR) is 75.7 cm³/mol. The molecular weight excluding hydrogens is 224 g/mol. The highest BCUT2D eigenvalue weighted by atomic mass is 16.5. The molecule has 3 unspecified atom stereocenters. The average Bonchev–Trinajstić information content (AvgIpc) is 2.67. The molecule has 0 aromatic carbocycles. The highest BCUT2D eigenvalue weighted by molar-refractivity contribution is 5.24. The summed E-state index contributed by atoms with van der Waals surface area (Å²) in [5, 5.41) is 7.75. The Bertz CT molecular complexity index is 340. The molecule has 104 valence electrons. The number of aromatic nitrogens is 1. The van der Waals surface area contributed by atoms with Crippen LogP contribution in [0.2, 0.25) is 0 Å². The van der Waals surface area contributed by atoms with E-state index in [0.29, 0.717) is 12.1 Å². The Hall–Kier alpha value is -0.830. The van der Waals surface area contributed by atoms with Crippen molar-refractivity contribution in [1.29, 1.82) is 0 Å². The van der Waals surface area contributed by atoms with Gasteiger partial charge in [-0.2, -0.15) is 0 Å². The van der Waals surface area contributed by atoms with Crippen LogP contribution in [0.15, 0.2) is 4.52 Å². The molecule has 0 saturated carbocycles. The van der Waals surface area contributed by atoms with Crippen LogP contribution in [0.4, 0.5) is 0 Å². The predicted octanol–water partition coefficient (Wildman–Crippen LogP) is 4.16. The van der Waals surface area contributed by atoms with Crippen molar-refractivity contribution in [2.24, 2.45) is 5.92 Å². The molecule has 0 radical (unpaired) electrons. The van der Waals surface area contributed by atoms with Crippen LogP contribution in [0.25, 0.3) is 0 Å². The molecule has 3 nitrogen and oxygen atoms in total. The zero-order valence-corrected chi connectivity index (χ0v) is 12.7. The van der Waals surface area contributed by atoms with Crippen molar-refractivity contribution in [3.8, 4) is 0 Å². The van der Waals surface area contributed by atoms with E-state index >= 15 is 0 Å². The van der Waals surface area contributed by atoms with Crippen LogP contribution in [-0.4, -0.2) is 11.2 Å². The Balaban J connectivity index is 2.65. The van der Waals surface area contributed by atoms with Crippen molar-refractivity contribution >= 4 is 0 Å². The van der Waals surface area contributed by atoms with Gasteiger partial charge in [-0.3, -0.25) is 0 Å². The molecule has 1 heterocycles. The van der Waals surface area contributed by atoms with Gasteiger partial charge in [0, 0.05) is 17.6 Å². The van der Waals surface area contributed by atoms with Gasteiger partial charge >= 0.3 is 0 Å². The van der Waals surface area contributed by atoms with Crippen molar-refractivity contribution in [1.82, 2.24) is 10.5 Å². The second kappa shape index (κ2) is 6.93. The van der Waals surface area contributed by atoms with Gasteiger partial charge < -0.3 is 9.84 Å². The fourth-order valence-corrected chi connectivity index (χ4v) is 2.55. The molecule has 0 aliphatic heterocycles. The molecular formula is C15H28N2O. The average molecular weight is 252 g/mol. The van der Waals surface area contributed by atoms with E-state index in [0.717, 1.165) is 23.8 Å². The van der Waals surface area contributed by atoms with Crippen LogP contribution in [0, 0.1) is 19.8 Å². The number of hydrogen-bond acceptors (Lipinski definition) is 3. The lowest BCUT2D eigenvalue weighted by Crippen LogP contribution is -2.32. The molecule has 0 aliphatic rings. The highest BCUT2D eigenvalue weighted by Crippen LogP contribution is 2.23. The van der Waals surface area contributed by atoms with Gasteiger partial charge in [0.05, 0.1) is 5.69 Å². The molecule has 0 saturated heterocycles. The number of hydrogen-bond donors (Lipinski definition) is 1. The Morgan fingerprint density at radius 3 is 2.28 bits per heavy atom. The van der Waals surface area contributed by atoms with E-state index in [9.17, 15) is 0 Å². The monoisotopic (exact) mass is 252 g/mol. The van der Waals surface area contributed by atoms with Crippen LogP contribution >= 0.6 is 0 Å². The third-order valence-electron chi connectivity index (χ3n) is 3.88. The second-order valence-corrected chi connectivity index (χ2v) is 5.48. The summed E-state index contributed by atoms with van der Waals surface area (Å²) in [5.41, 5.74) is 2.23. The van der Waals surface area contributed by atoms with Crippen molar-refractivity contribution in [3.63, 3.8) is 0 Å². The second-order valence-electron chi connectivity index (χ2n) is 5.48. The maximum atomic E-state index is 5.24. The van der Waals surface area contributed by atoms with E-state index in [1.54, 1.807) is 0 Å². The minimum atomic E-state index is 0.310. The van der Waals surface area contributed by atoms with Crippen molar-refractivity contribution in [2.45, 2.75) is 72.9 Å². The van der Waals surface area contributed by atoms with Gasteiger partial charge in [0.15, 0.2) is 0 Å². The molecule has 0 fully saturated rings. The van der Waals surface area contributed by atoms with Gasteiger partial charge in [-0.25, -0.2) is 0 Å². The quantitative estimate of drug-likeness (QED) is 0.792. The Kier molecular flexibility index (Phi) is 5.86. The number of aryl methyl sites for hydroxylation is 2. The molecule has 0 bridgehead atoms. The normalized spacial score (nSPS) is 16.6. The number of rotatable bonds is 7. The summed E-state index contributed by atoms with van der Waals surface area (Å²) in [6, 6.07) is 0.883. The van der Waals surface area contributed by atoms with Crippen molar-refractivity contribution < 1.29 is 4.52 Å². The lowest BCUT2D eigenvalue weighted by Gasteiger charge is -2.24. The largest absolute Gasteiger partial charge is 0.361 e. The summed E-state index contributed by atoms with van der Waals surface area (Å²) in [5.74, 6) is 1.71. The first-order chi connectivity index (χ1) is 8.49. The van der Waals surface area contributed by atoms with Crippen molar-refractivity contribution in [3.05, 3.63) is 17.0 Å². The summed E-state index contributed by atoms with van der Waals surface area (Å²) >= 11 is 0. The third kappa shape index (κ3) is 3.84. The smallest absolute Gasteiger partial charge is 0.138 e. The third-order valence-corrected chi connectivity index (χ3v) is 3.88. The van der Waals surface area contributed by atoms with Crippen LogP contribution in [0.5, 0.6) is 0 Å². The van der Waals surface area contributed by atoms with Crippen LogP contribution < -0.4 is 5.32 Å². The van der Waals surface area contributed by atoms with Crippen LogP contribution in [0.1, 0.15) is 70.0 Å². The number of nitrogens with one attached hydrogen (secondary N) is 1. The van der Waals surface area contributed by atoms with E-state index in [-0.39, 0.29) is 0 Å². The molecule has 1 N–H and O–H groups in total. The molecule has 0 aliphatic carbocycles. The molecule has 0 amide bonds. The molecule has 18 heavy (non-hydrogen) atoms. The van der Waals surface area contributed by atoms with Gasteiger partial charge in [-0.05, 0) is 39.5 Å². The standard InChI is InChI=1S/C15H28N2O/c1-7-10(3)9-14(8-2)16-11(4)15-12(5)17-18-13(15)6/h10-11,14,16H,7-9H2,1-6H3. The molecule has 3 heteroatoms. The SMILES string of the molecule is CCC(C)CC(CC)NC(C)c1c(C)noc1C. The molecule has 0 spiro atoms. The first-order valence-corrected chi connectivity index (χ1v) is 7.18. The van der Waals surface area contributed by atoms with E-state index < -0.39 is 0 Å². The first-order valence-electron chi connectivity index (χ1n) is 7.18. The van der Waals surface area contributed by atoms with E-state index in [1.165, 1.54) is 18.4 Å². The lowest BCUT2D eigenvalue weighted by atomic mass is 9.96. The molecule has 1 aromatic heterocycles. The van der Waals surface area contributed by atoms with Gasteiger partial charge in [0.1, 0.15) is 5.76 Å². The molecule has 1 aromatic rings. The van der Waals surface area contributed by atoms with Gasteiger partial charge in [-0.1, -0.05) is 32.3 Å². The van der Waals surface area contributed by atoms with E-state index in [2.05, 4.69) is 38.2 Å². The first kappa shape index (κ1) is 15.2. The molecule has 1 rings (SSSR count). The van der Waals surface area contributed by atoms with Crippen LogP contribution in [-0.2, 0) is 0 Å². The summed E-state index contributed by atoms with van der Waals surface area (Å²) in [4.78, 5) is 0. The summed E-state index contributed by atoms with van der Waals surface area (Å²) in [7, 11) is 0. The van der Waals surface area contributed by atoms with E-state index in [4.69, 9.17) is 4.52 Å². The fourth-order valence-electron chi connectivity index (χ4n) is 2.55. The zero-order valence-electron chi connectivity index (χ0n) is 12.7. The number of nitrogens with zero attached hydrogens (tertiary/aromatic N) is 1. The van der Waals surface area contributed by atoms with Crippen molar-refractivity contribution in [2.75, 3.05) is 0 Å². The van der Waals surface area contributed by atoms with Gasteiger partial charge in [-0.15, -0.1) is 0 Å². The van der Waals surface area contributed by atoms with Gasteiger partial charge in [0.25, 0.3) is 0 Å².